The second-order valence-corrected chi connectivity index (χ2v) is 9.76. The molecule has 0 spiro atoms. The highest BCUT2D eigenvalue weighted by Gasteiger charge is 2.37. The van der Waals surface area contributed by atoms with E-state index in [1.807, 2.05) is 38.1 Å². The third-order valence-corrected chi connectivity index (χ3v) is 7.39. The van der Waals surface area contributed by atoms with Crippen LogP contribution in [0.15, 0.2) is 77.7 Å². The van der Waals surface area contributed by atoms with Crippen molar-refractivity contribution >= 4 is 21.6 Å². The normalized spacial score (nSPS) is 16.3. The standard InChI is InChI=1S/C25H26N2O5S/c1-17-12-14-19(15-13-17)33(29,30)27-16-24(32-23-11-7-5-9-21(23)27)25(28)26-18(2)20-8-4-6-10-22(20)31-3/h4-15,18,24H,16H2,1-3H3,(H,26,28)/t18-,24+/m1/s1. The number of rotatable bonds is 6. The summed E-state index contributed by atoms with van der Waals surface area (Å²) in [5, 5.41) is 2.93. The molecule has 0 fully saturated rings. The fraction of sp³-hybridized carbons (Fsp3) is 0.240. The zero-order valence-electron chi connectivity index (χ0n) is 18.7. The highest BCUT2D eigenvalue weighted by atomic mass is 32.2. The van der Waals surface area contributed by atoms with Gasteiger partial charge in [0.05, 0.1) is 30.3 Å². The Balaban J connectivity index is 1.62. The van der Waals surface area contributed by atoms with Gasteiger partial charge in [0.25, 0.3) is 15.9 Å². The number of methoxy groups -OCH3 is 1. The fourth-order valence-electron chi connectivity index (χ4n) is 3.81. The summed E-state index contributed by atoms with van der Waals surface area (Å²) < 4.78 is 39.5. The smallest absolute Gasteiger partial charge is 0.264 e. The fourth-order valence-corrected chi connectivity index (χ4v) is 5.29. The minimum Gasteiger partial charge on any atom is -0.496 e. The minimum atomic E-state index is -3.90. The van der Waals surface area contributed by atoms with Crippen LogP contribution in [-0.2, 0) is 14.8 Å². The van der Waals surface area contributed by atoms with Gasteiger partial charge in [0.2, 0.25) is 0 Å². The predicted molar refractivity (Wildman–Crippen MR) is 126 cm³/mol. The molecule has 3 aromatic carbocycles. The quantitative estimate of drug-likeness (QED) is 0.597. The number of fused-ring (bicyclic) bond motifs is 1. The van der Waals surface area contributed by atoms with E-state index in [1.54, 1.807) is 55.6 Å². The summed E-state index contributed by atoms with van der Waals surface area (Å²) in [7, 11) is -2.32. The van der Waals surface area contributed by atoms with Crippen LogP contribution < -0.4 is 19.1 Å². The maximum Gasteiger partial charge on any atom is 0.264 e. The van der Waals surface area contributed by atoms with E-state index in [-0.39, 0.29) is 17.5 Å². The van der Waals surface area contributed by atoms with Crippen molar-refractivity contribution in [1.82, 2.24) is 5.32 Å². The van der Waals surface area contributed by atoms with Crippen LogP contribution in [-0.4, -0.2) is 34.1 Å². The third kappa shape index (κ3) is 4.52. The Morgan fingerprint density at radius 3 is 2.45 bits per heavy atom. The van der Waals surface area contributed by atoms with E-state index >= 15 is 0 Å². The lowest BCUT2D eigenvalue weighted by Gasteiger charge is -2.35. The Bertz CT molecular complexity index is 1260. The second-order valence-electron chi connectivity index (χ2n) is 7.90. The molecule has 0 unspecified atom stereocenters. The number of amides is 1. The van der Waals surface area contributed by atoms with Crippen molar-refractivity contribution in [2.45, 2.75) is 30.9 Å². The minimum absolute atomic E-state index is 0.141. The van der Waals surface area contributed by atoms with E-state index < -0.39 is 22.0 Å². The summed E-state index contributed by atoms with van der Waals surface area (Å²) in [6, 6.07) is 20.5. The maximum absolute atomic E-state index is 13.5. The van der Waals surface area contributed by atoms with E-state index in [0.717, 1.165) is 11.1 Å². The van der Waals surface area contributed by atoms with Crippen LogP contribution in [0.1, 0.15) is 24.1 Å². The first-order chi connectivity index (χ1) is 15.8. The largest absolute Gasteiger partial charge is 0.496 e. The Labute approximate surface area is 194 Å². The molecule has 0 aliphatic carbocycles. The van der Waals surface area contributed by atoms with Crippen molar-refractivity contribution in [3.63, 3.8) is 0 Å². The number of benzene rings is 3. The summed E-state index contributed by atoms with van der Waals surface area (Å²) in [6.45, 7) is 3.59. The summed E-state index contributed by atoms with van der Waals surface area (Å²) in [5.41, 5.74) is 2.17. The van der Waals surface area contributed by atoms with Gasteiger partial charge in [0, 0.05) is 5.56 Å². The van der Waals surface area contributed by atoms with Crippen molar-refractivity contribution in [3.8, 4) is 11.5 Å². The van der Waals surface area contributed by atoms with Crippen LogP contribution in [0.4, 0.5) is 5.69 Å². The molecule has 8 heteroatoms. The number of aryl methyl sites for hydroxylation is 1. The Hall–Kier alpha value is -3.52. The lowest BCUT2D eigenvalue weighted by molar-refractivity contribution is -0.128. The molecule has 7 nitrogen and oxygen atoms in total. The van der Waals surface area contributed by atoms with E-state index in [0.29, 0.717) is 17.2 Å². The average Bonchev–Trinajstić information content (AvgIpc) is 2.83. The topological polar surface area (TPSA) is 84.9 Å². The van der Waals surface area contributed by atoms with Gasteiger partial charge in [-0.2, -0.15) is 0 Å². The molecular formula is C25H26N2O5S. The van der Waals surface area contributed by atoms with E-state index in [2.05, 4.69) is 5.32 Å². The van der Waals surface area contributed by atoms with Gasteiger partial charge < -0.3 is 14.8 Å². The monoisotopic (exact) mass is 466 g/mol. The number of hydrogen-bond acceptors (Lipinski definition) is 5. The number of carbonyl (C=O) groups is 1. The van der Waals surface area contributed by atoms with Crippen LogP contribution in [0.25, 0.3) is 0 Å². The summed E-state index contributed by atoms with van der Waals surface area (Å²) in [6.07, 6.45) is -1.02. The van der Waals surface area contributed by atoms with Crippen molar-refractivity contribution in [1.29, 1.82) is 0 Å². The number of nitrogens with zero attached hydrogens (tertiary/aromatic N) is 1. The number of anilines is 1. The van der Waals surface area contributed by atoms with E-state index in [9.17, 15) is 13.2 Å². The van der Waals surface area contributed by atoms with Crippen LogP contribution in [0, 0.1) is 6.92 Å². The summed E-state index contributed by atoms with van der Waals surface area (Å²) in [4.78, 5) is 13.3. The highest BCUT2D eigenvalue weighted by Crippen LogP contribution is 2.37. The van der Waals surface area contributed by atoms with Crippen LogP contribution in [0.2, 0.25) is 0 Å². The van der Waals surface area contributed by atoms with Crippen LogP contribution >= 0.6 is 0 Å². The number of hydrogen-bond donors (Lipinski definition) is 1. The lowest BCUT2D eigenvalue weighted by Crippen LogP contribution is -2.51. The van der Waals surface area contributed by atoms with Gasteiger partial charge in [0.15, 0.2) is 6.10 Å². The summed E-state index contributed by atoms with van der Waals surface area (Å²) >= 11 is 0. The molecule has 1 aliphatic heterocycles. The number of para-hydroxylation sites is 3. The average molecular weight is 467 g/mol. The van der Waals surface area contributed by atoms with Gasteiger partial charge in [-0.3, -0.25) is 9.10 Å². The Morgan fingerprint density at radius 2 is 1.73 bits per heavy atom. The first-order valence-corrected chi connectivity index (χ1v) is 12.0. The first-order valence-electron chi connectivity index (χ1n) is 10.6. The zero-order chi connectivity index (χ0) is 23.6. The Morgan fingerprint density at radius 1 is 1.06 bits per heavy atom. The molecule has 0 bridgehead atoms. The van der Waals surface area contributed by atoms with Crippen LogP contribution in [0.5, 0.6) is 11.5 Å². The molecule has 0 saturated heterocycles. The lowest BCUT2D eigenvalue weighted by atomic mass is 10.1. The van der Waals surface area contributed by atoms with Crippen LogP contribution in [0.3, 0.4) is 0 Å². The molecule has 0 aromatic heterocycles. The SMILES string of the molecule is COc1ccccc1[C@@H](C)NC(=O)[C@@H]1CN(S(=O)(=O)c2ccc(C)cc2)c2ccccc2O1. The highest BCUT2D eigenvalue weighted by molar-refractivity contribution is 7.92. The molecule has 33 heavy (non-hydrogen) atoms. The molecular weight excluding hydrogens is 440 g/mol. The number of nitrogens with one attached hydrogen (secondary N) is 1. The summed E-state index contributed by atoms with van der Waals surface area (Å²) in [5.74, 6) is 0.584. The molecule has 172 valence electrons. The molecule has 0 saturated carbocycles. The molecule has 1 heterocycles. The van der Waals surface area contributed by atoms with Crippen molar-refractivity contribution in [3.05, 3.63) is 83.9 Å². The molecule has 1 amide bonds. The molecule has 3 aromatic rings. The molecule has 2 atom stereocenters. The molecule has 0 radical (unpaired) electrons. The van der Waals surface area contributed by atoms with Gasteiger partial charge in [-0.25, -0.2) is 8.42 Å². The maximum atomic E-state index is 13.5. The van der Waals surface area contributed by atoms with Gasteiger partial charge >= 0.3 is 0 Å². The predicted octanol–water partition coefficient (Wildman–Crippen LogP) is 3.84. The zero-order valence-corrected chi connectivity index (χ0v) is 19.5. The van der Waals surface area contributed by atoms with Crippen molar-refractivity contribution < 1.29 is 22.7 Å². The molecule has 4 rings (SSSR count). The Kier molecular flexibility index (Phi) is 6.29. The second kappa shape index (κ2) is 9.15. The van der Waals surface area contributed by atoms with Gasteiger partial charge in [0.1, 0.15) is 11.5 Å². The third-order valence-electron chi connectivity index (χ3n) is 5.60. The van der Waals surface area contributed by atoms with Crippen molar-refractivity contribution in [2.75, 3.05) is 18.0 Å². The number of carbonyl (C=O) groups excluding carboxylic acids is 1. The van der Waals surface area contributed by atoms with Gasteiger partial charge in [-0.1, -0.05) is 48.0 Å². The number of sulfonamides is 1. The van der Waals surface area contributed by atoms with Gasteiger partial charge in [-0.05, 0) is 44.2 Å². The molecule has 1 N–H and O–H groups in total. The molecule has 1 aliphatic rings. The van der Waals surface area contributed by atoms with Gasteiger partial charge in [-0.15, -0.1) is 0 Å². The van der Waals surface area contributed by atoms with Crippen molar-refractivity contribution in [2.24, 2.45) is 0 Å². The van der Waals surface area contributed by atoms with E-state index in [4.69, 9.17) is 9.47 Å². The van der Waals surface area contributed by atoms with E-state index in [1.165, 1.54) is 4.31 Å². The number of ether oxygens (including phenoxy) is 2. The first kappa shape index (κ1) is 22.7.